The first-order chi connectivity index (χ1) is 11.7. The molecule has 138 valence electrons. The van der Waals surface area contributed by atoms with E-state index in [9.17, 15) is 0 Å². The number of aryl methyl sites for hydroxylation is 2. The molecule has 0 N–H and O–H groups in total. The molecule has 2 aliphatic rings. The van der Waals surface area contributed by atoms with Crippen molar-refractivity contribution >= 4 is 10.9 Å². The van der Waals surface area contributed by atoms with Gasteiger partial charge in [0.15, 0.2) is 0 Å². The second-order valence-corrected chi connectivity index (χ2v) is 7.51. The van der Waals surface area contributed by atoms with Crippen LogP contribution in [0, 0.1) is 6.92 Å². The number of hydrogen-bond acceptors (Lipinski definition) is 2. The molecule has 0 saturated heterocycles. The van der Waals surface area contributed by atoms with Crippen LogP contribution in [-0.2, 0) is 13.0 Å². The molecule has 25 heavy (non-hydrogen) atoms. The van der Waals surface area contributed by atoms with Crippen LogP contribution < -0.4 is 12.4 Å². The molecule has 2 aromatic rings. The van der Waals surface area contributed by atoms with Crippen LogP contribution in [0.2, 0.25) is 0 Å². The third kappa shape index (κ3) is 3.22. The molecular weight excluding hydrogens is 330 g/mol. The fourth-order valence-corrected chi connectivity index (χ4v) is 4.87. The van der Waals surface area contributed by atoms with Crippen LogP contribution in [0.4, 0.5) is 0 Å². The molecule has 0 saturated carbocycles. The van der Waals surface area contributed by atoms with Crippen molar-refractivity contribution < 1.29 is 12.4 Å². The number of nitrogens with zero attached hydrogens (tertiary/aromatic N) is 3. The van der Waals surface area contributed by atoms with Gasteiger partial charge in [-0.15, -0.1) is 0 Å². The zero-order valence-corrected chi connectivity index (χ0v) is 16.6. The predicted octanol–water partition coefficient (Wildman–Crippen LogP) is 0.989. The maximum absolute atomic E-state index is 2.77. The molecule has 1 aliphatic carbocycles. The molecule has 0 spiro atoms. The molecule has 1 aromatic carbocycles. The van der Waals surface area contributed by atoms with E-state index >= 15 is 0 Å². The first kappa shape index (κ1) is 18.8. The minimum atomic E-state index is 0. The summed E-state index contributed by atoms with van der Waals surface area (Å²) >= 11 is 0. The summed E-state index contributed by atoms with van der Waals surface area (Å²) in [6.45, 7) is 13.9. The van der Waals surface area contributed by atoms with Crippen LogP contribution in [0.5, 0.6) is 0 Å². The Morgan fingerprint density at radius 2 is 1.96 bits per heavy atom. The average molecular weight is 361 g/mol. The molecule has 3 nitrogen and oxygen atoms in total. The molecule has 0 fully saturated rings. The highest BCUT2D eigenvalue weighted by molar-refractivity contribution is 5.87. The molecule has 1 unspecified atom stereocenters. The van der Waals surface area contributed by atoms with Crippen LogP contribution in [0.15, 0.2) is 18.2 Å². The van der Waals surface area contributed by atoms with Gasteiger partial charge in [0, 0.05) is 42.8 Å². The van der Waals surface area contributed by atoms with Gasteiger partial charge in [-0.3, -0.25) is 4.90 Å². The van der Waals surface area contributed by atoms with Crippen LogP contribution in [0.25, 0.3) is 10.9 Å². The number of fused-ring (bicyclic) bond motifs is 3. The summed E-state index contributed by atoms with van der Waals surface area (Å²) in [5, 5.41) is 1.53. The second-order valence-electron chi connectivity index (χ2n) is 7.51. The van der Waals surface area contributed by atoms with Crippen LogP contribution in [0.1, 0.15) is 49.6 Å². The van der Waals surface area contributed by atoms with E-state index in [1.165, 1.54) is 68.5 Å². The SMILES string of the molecule is CCN(CC)CCN1CCn2c3c(c4cc(C)ccc42)CCCC31.[Cl-]. The molecular formula is C21H31ClN3-. The molecule has 0 radical (unpaired) electrons. The summed E-state index contributed by atoms with van der Waals surface area (Å²) < 4.78 is 2.64. The fraction of sp³-hybridized carbons (Fsp3) is 0.619. The van der Waals surface area contributed by atoms with Gasteiger partial charge in [-0.25, -0.2) is 0 Å². The number of hydrogen-bond donors (Lipinski definition) is 0. The van der Waals surface area contributed by atoms with Gasteiger partial charge in [-0.05, 0) is 57.0 Å². The van der Waals surface area contributed by atoms with E-state index in [1.54, 1.807) is 11.3 Å². The van der Waals surface area contributed by atoms with Crippen LogP contribution in [-0.4, -0.2) is 47.1 Å². The standard InChI is InChI=1S/C21H31N3.ClH/c1-4-22(5-2)11-12-23-13-14-24-19-10-9-16(3)15-18(19)17-7-6-8-20(23)21(17)24;/h9-10,15,20H,4-8,11-14H2,1-3H3;1H/p-1. The number of aromatic nitrogens is 1. The monoisotopic (exact) mass is 360 g/mol. The highest BCUT2D eigenvalue weighted by Gasteiger charge is 2.34. The quantitative estimate of drug-likeness (QED) is 0.787. The van der Waals surface area contributed by atoms with Crippen molar-refractivity contribution in [2.75, 3.05) is 32.7 Å². The van der Waals surface area contributed by atoms with Gasteiger partial charge in [0.25, 0.3) is 0 Å². The molecule has 4 heteroatoms. The van der Waals surface area contributed by atoms with E-state index in [1.807, 2.05) is 0 Å². The minimum absolute atomic E-state index is 0. The van der Waals surface area contributed by atoms with Gasteiger partial charge >= 0.3 is 0 Å². The van der Waals surface area contributed by atoms with Crippen molar-refractivity contribution in [1.29, 1.82) is 0 Å². The Hall–Kier alpha value is -1.03. The van der Waals surface area contributed by atoms with E-state index in [0.29, 0.717) is 6.04 Å². The molecule has 4 rings (SSSR count). The average Bonchev–Trinajstić information content (AvgIpc) is 2.92. The van der Waals surface area contributed by atoms with Crippen molar-refractivity contribution in [1.82, 2.24) is 14.4 Å². The Morgan fingerprint density at radius 1 is 1.16 bits per heavy atom. The van der Waals surface area contributed by atoms with Crippen molar-refractivity contribution in [3.63, 3.8) is 0 Å². The lowest BCUT2D eigenvalue weighted by Gasteiger charge is -2.40. The van der Waals surface area contributed by atoms with Crippen molar-refractivity contribution in [2.24, 2.45) is 0 Å². The zero-order valence-electron chi connectivity index (χ0n) is 15.9. The molecule has 1 aromatic heterocycles. The largest absolute Gasteiger partial charge is 1.00 e. The highest BCUT2D eigenvalue weighted by Crippen LogP contribution is 2.42. The van der Waals surface area contributed by atoms with Gasteiger partial charge in [0.05, 0.1) is 6.04 Å². The van der Waals surface area contributed by atoms with Crippen molar-refractivity contribution in [3.8, 4) is 0 Å². The lowest BCUT2D eigenvalue weighted by Crippen LogP contribution is -3.00. The highest BCUT2D eigenvalue weighted by atomic mass is 35.5. The maximum Gasteiger partial charge on any atom is 0.0505 e. The van der Waals surface area contributed by atoms with Gasteiger partial charge < -0.3 is 21.9 Å². The summed E-state index contributed by atoms with van der Waals surface area (Å²) in [6.07, 6.45) is 3.94. The van der Waals surface area contributed by atoms with Gasteiger partial charge in [0.1, 0.15) is 0 Å². The third-order valence-electron chi connectivity index (χ3n) is 6.24. The predicted molar refractivity (Wildman–Crippen MR) is 102 cm³/mol. The minimum Gasteiger partial charge on any atom is -1.00 e. The Morgan fingerprint density at radius 3 is 2.72 bits per heavy atom. The van der Waals surface area contributed by atoms with Crippen LogP contribution in [0.3, 0.4) is 0 Å². The van der Waals surface area contributed by atoms with E-state index in [4.69, 9.17) is 0 Å². The van der Waals surface area contributed by atoms with E-state index < -0.39 is 0 Å². The first-order valence-electron chi connectivity index (χ1n) is 9.81. The Bertz CT molecular complexity index is 732. The Labute approximate surface area is 158 Å². The lowest BCUT2D eigenvalue weighted by molar-refractivity contribution is -0.00000508. The van der Waals surface area contributed by atoms with Crippen LogP contribution >= 0.6 is 0 Å². The summed E-state index contributed by atoms with van der Waals surface area (Å²) in [4.78, 5) is 5.32. The molecule has 1 aliphatic heterocycles. The Kier molecular flexibility index (Phi) is 5.77. The van der Waals surface area contributed by atoms with E-state index in [-0.39, 0.29) is 12.4 Å². The maximum atomic E-state index is 2.77. The topological polar surface area (TPSA) is 11.4 Å². The normalized spacial score (nSPS) is 19.9. The molecule has 0 amide bonds. The van der Waals surface area contributed by atoms with Gasteiger partial charge in [0.2, 0.25) is 0 Å². The molecule has 1 atom stereocenters. The summed E-state index contributed by atoms with van der Waals surface area (Å²) in [6, 6.07) is 7.69. The van der Waals surface area contributed by atoms with Crippen molar-refractivity contribution in [2.45, 2.75) is 52.6 Å². The smallest absolute Gasteiger partial charge is 0.0505 e. The second kappa shape index (κ2) is 7.69. The first-order valence-corrected chi connectivity index (χ1v) is 9.81. The summed E-state index contributed by atoms with van der Waals surface area (Å²) in [5.41, 5.74) is 6.16. The summed E-state index contributed by atoms with van der Waals surface area (Å²) in [7, 11) is 0. The molecule has 0 bridgehead atoms. The third-order valence-corrected chi connectivity index (χ3v) is 6.24. The lowest BCUT2D eigenvalue weighted by atomic mass is 9.89. The Balaban J connectivity index is 0.00000182. The number of benzene rings is 1. The van der Waals surface area contributed by atoms with E-state index in [0.717, 1.165) is 6.54 Å². The number of rotatable bonds is 5. The van der Waals surface area contributed by atoms with Crippen molar-refractivity contribution in [3.05, 3.63) is 35.0 Å². The zero-order chi connectivity index (χ0) is 16.7. The molecule has 2 heterocycles. The number of likely N-dealkylation sites (N-methyl/N-ethyl adjacent to an activating group) is 1. The fourth-order valence-electron chi connectivity index (χ4n) is 4.87. The van der Waals surface area contributed by atoms with Gasteiger partial charge in [-0.1, -0.05) is 25.5 Å². The summed E-state index contributed by atoms with van der Waals surface area (Å²) in [5.74, 6) is 0. The van der Waals surface area contributed by atoms with E-state index in [2.05, 4.69) is 53.3 Å². The van der Waals surface area contributed by atoms with Gasteiger partial charge in [-0.2, -0.15) is 0 Å². The number of halogens is 1.